The minimum Gasteiger partial charge on any atom is -0.504 e. The second-order valence-electron chi connectivity index (χ2n) is 7.90. The van der Waals surface area contributed by atoms with Gasteiger partial charge in [0.15, 0.2) is 11.5 Å². The van der Waals surface area contributed by atoms with Crippen LogP contribution >= 0.6 is 11.3 Å². The summed E-state index contributed by atoms with van der Waals surface area (Å²) in [6.45, 7) is 2.80. The molecule has 2 heterocycles. The minimum absolute atomic E-state index is 0.0703. The Hall–Kier alpha value is -2.87. The van der Waals surface area contributed by atoms with E-state index in [0.29, 0.717) is 36.3 Å². The number of carbonyl (C=O) groups excluding carboxylic acids is 1. The number of aromatic hydroxyl groups is 1. The van der Waals surface area contributed by atoms with Gasteiger partial charge in [0.1, 0.15) is 0 Å². The van der Waals surface area contributed by atoms with Crippen molar-refractivity contribution in [1.82, 2.24) is 15.5 Å². The molecule has 1 fully saturated rings. The van der Waals surface area contributed by atoms with Gasteiger partial charge in [0.25, 0.3) is 0 Å². The normalized spacial score (nSPS) is 17.5. The summed E-state index contributed by atoms with van der Waals surface area (Å²) in [4.78, 5) is 19.3. The van der Waals surface area contributed by atoms with E-state index in [4.69, 9.17) is 9.26 Å². The quantitative estimate of drug-likeness (QED) is 0.451. The number of thiophene rings is 1. The van der Waals surface area contributed by atoms with Crippen LogP contribution in [0.5, 0.6) is 11.5 Å². The Labute approximate surface area is 185 Å². The van der Waals surface area contributed by atoms with E-state index < -0.39 is 0 Å². The van der Waals surface area contributed by atoms with Crippen LogP contribution in [-0.4, -0.2) is 34.8 Å². The summed E-state index contributed by atoms with van der Waals surface area (Å²) in [6, 6.07) is 9.22. The van der Waals surface area contributed by atoms with Crippen molar-refractivity contribution in [3.63, 3.8) is 0 Å². The first-order valence-electron chi connectivity index (χ1n) is 10.6. The van der Waals surface area contributed by atoms with E-state index in [0.717, 1.165) is 31.2 Å². The fourth-order valence-corrected chi connectivity index (χ4v) is 4.72. The highest BCUT2D eigenvalue weighted by atomic mass is 32.1. The highest BCUT2D eigenvalue weighted by Gasteiger charge is 2.44. The largest absolute Gasteiger partial charge is 0.504 e. The van der Waals surface area contributed by atoms with Gasteiger partial charge >= 0.3 is 0 Å². The molecule has 1 amide bonds. The van der Waals surface area contributed by atoms with E-state index >= 15 is 0 Å². The van der Waals surface area contributed by atoms with E-state index in [9.17, 15) is 9.90 Å². The molecule has 8 heteroatoms. The molecule has 1 aliphatic carbocycles. The van der Waals surface area contributed by atoms with E-state index in [2.05, 4.69) is 34.5 Å². The van der Waals surface area contributed by atoms with Crippen molar-refractivity contribution in [2.24, 2.45) is 5.92 Å². The molecule has 1 aromatic carbocycles. The van der Waals surface area contributed by atoms with Crippen molar-refractivity contribution >= 4 is 17.2 Å². The van der Waals surface area contributed by atoms with Crippen molar-refractivity contribution in [1.29, 1.82) is 0 Å². The first-order valence-corrected chi connectivity index (χ1v) is 11.4. The van der Waals surface area contributed by atoms with Gasteiger partial charge in [-0.1, -0.05) is 11.6 Å². The number of aromatic nitrogens is 2. The molecule has 0 saturated heterocycles. The van der Waals surface area contributed by atoms with E-state index in [-0.39, 0.29) is 17.6 Å². The zero-order chi connectivity index (χ0) is 21.8. The van der Waals surface area contributed by atoms with Crippen LogP contribution in [0.3, 0.4) is 0 Å². The summed E-state index contributed by atoms with van der Waals surface area (Å²) < 4.78 is 10.4. The highest BCUT2D eigenvalue weighted by molar-refractivity contribution is 7.12. The van der Waals surface area contributed by atoms with Gasteiger partial charge < -0.3 is 19.7 Å². The van der Waals surface area contributed by atoms with E-state index in [1.807, 2.05) is 0 Å². The number of amides is 1. The maximum atomic E-state index is 12.3. The second kappa shape index (κ2) is 9.51. The van der Waals surface area contributed by atoms with Gasteiger partial charge in [-0.3, -0.25) is 4.79 Å². The molecule has 1 aliphatic rings. The molecule has 4 rings (SSSR count). The summed E-state index contributed by atoms with van der Waals surface area (Å²) in [5.41, 5.74) is 0.725. The van der Waals surface area contributed by atoms with Crippen LogP contribution in [-0.2, 0) is 11.2 Å². The van der Waals surface area contributed by atoms with Crippen LogP contribution in [0.4, 0.5) is 0 Å². The zero-order valence-electron chi connectivity index (χ0n) is 17.8. The van der Waals surface area contributed by atoms with Gasteiger partial charge in [-0.15, -0.1) is 11.3 Å². The van der Waals surface area contributed by atoms with Crippen LogP contribution in [0.2, 0.25) is 0 Å². The number of phenolic OH excluding ortho intramolecular Hbond substituents is 1. The van der Waals surface area contributed by atoms with E-state index in [1.54, 1.807) is 29.5 Å². The molecular formula is C23H27N3O4S. The number of hydrogen-bond acceptors (Lipinski definition) is 7. The average molecular weight is 442 g/mol. The van der Waals surface area contributed by atoms with Crippen LogP contribution < -0.4 is 10.1 Å². The van der Waals surface area contributed by atoms with Crippen LogP contribution in [0.1, 0.15) is 47.2 Å². The molecule has 3 aromatic rings. The number of methoxy groups -OCH3 is 1. The van der Waals surface area contributed by atoms with Crippen molar-refractivity contribution in [3.8, 4) is 22.9 Å². The summed E-state index contributed by atoms with van der Waals surface area (Å²) in [7, 11) is 1.50. The van der Waals surface area contributed by atoms with Crippen molar-refractivity contribution in [2.45, 2.75) is 44.9 Å². The monoisotopic (exact) mass is 441 g/mol. The lowest BCUT2D eigenvalue weighted by atomic mass is 10.2. The van der Waals surface area contributed by atoms with Gasteiger partial charge in [0.2, 0.25) is 17.6 Å². The molecule has 1 saturated carbocycles. The molecule has 31 heavy (non-hydrogen) atoms. The number of carbonyl (C=O) groups is 1. The molecule has 2 aromatic heterocycles. The number of hydrogen-bond donors (Lipinski definition) is 2. The fourth-order valence-electron chi connectivity index (χ4n) is 3.66. The summed E-state index contributed by atoms with van der Waals surface area (Å²) >= 11 is 1.80. The van der Waals surface area contributed by atoms with Crippen molar-refractivity contribution in [3.05, 3.63) is 46.0 Å². The zero-order valence-corrected chi connectivity index (χ0v) is 18.6. The Morgan fingerprint density at radius 1 is 1.29 bits per heavy atom. The van der Waals surface area contributed by atoms with Gasteiger partial charge in [-0.05, 0) is 56.5 Å². The fraction of sp³-hybridized carbons (Fsp3) is 0.435. The Bertz CT molecular complexity index is 1050. The van der Waals surface area contributed by atoms with Gasteiger partial charge in [0, 0.05) is 40.1 Å². The number of aryl methyl sites for hydroxylation is 2. The number of nitrogens with zero attached hydrogens (tertiary/aromatic N) is 2. The number of rotatable bonds is 10. The summed E-state index contributed by atoms with van der Waals surface area (Å²) in [6.07, 6.45) is 4.48. The van der Waals surface area contributed by atoms with Crippen molar-refractivity contribution in [2.75, 3.05) is 13.7 Å². The SMILES string of the molecule is COc1cc(-c2noc(CCCCCNC(=O)C3CC3c3ccc(C)s3)n2)ccc1O. The number of ether oxygens (including phenoxy) is 1. The number of nitrogens with one attached hydrogen (secondary N) is 1. The summed E-state index contributed by atoms with van der Waals surface area (Å²) in [5, 5.41) is 16.8. The average Bonchev–Trinajstić information content (AvgIpc) is 3.22. The molecule has 0 radical (unpaired) electrons. The highest BCUT2D eigenvalue weighted by Crippen LogP contribution is 2.49. The summed E-state index contributed by atoms with van der Waals surface area (Å²) in [5.74, 6) is 2.24. The smallest absolute Gasteiger partial charge is 0.226 e. The first-order chi connectivity index (χ1) is 15.0. The third kappa shape index (κ3) is 5.25. The lowest BCUT2D eigenvalue weighted by Gasteiger charge is -2.04. The van der Waals surface area contributed by atoms with Gasteiger partial charge in [-0.2, -0.15) is 4.98 Å². The Morgan fingerprint density at radius 2 is 2.16 bits per heavy atom. The Balaban J connectivity index is 1.14. The predicted octanol–water partition coefficient (Wildman–Crippen LogP) is 4.45. The molecule has 164 valence electrons. The molecular weight excluding hydrogens is 414 g/mol. The standard InChI is InChI=1S/C23H27N3O4S/c1-14-7-10-20(31-14)16-13-17(16)23(28)24-11-5-3-4-6-21-25-22(26-30-21)15-8-9-18(27)19(12-15)29-2/h7-10,12,16-17,27H,3-6,11,13H2,1-2H3,(H,24,28). The topological polar surface area (TPSA) is 97.5 Å². The van der Waals surface area contributed by atoms with E-state index in [1.165, 1.54) is 16.9 Å². The number of benzene rings is 1. The van der Waals surface area contributed by atoms with Crippen LogP contribution in [0, 0.1) is 12.8 Å². The van der Waals surface area contributed by atoms with Gasteiger partial charge in [0.05, 0.1) is 7.11 Å². The predicted molar refractivity (Wildman–Crippen MR) is 118 cm³/mol. The third-order valence-electron chi connectivity index (χ3n) is 5.53. The van der Waals surface area contributed by atoms with Crippen LogP contribution in [0.15, 0.2) is 34.9 Å². The third-order valence-corrected chi connectivity index (χ3v) is 6.66. The second-order valence-corrected chi connectivity index (χ2v) is 9.22. The number of phenols is 1. The first kappa shape index (κ1) is 21.4. The Morgan fingerprint density at radius 3 is 2.94 bits per heavy atom. The number of unbranched alkanes of at least 4 members (excludes halogenated alkanes) is 2. The minimum atomic E-state index is 0.0703. The maximum Gasteiger partial charge on any atom is 0.226 e. The molecule has 2 N–H and O–H groups in total. The molecule has 0 bridgehead atoms. The molecule has 2 atom stereocenters. The Kier molecular flexibility index (Phi) is 6.56. The lowest BCUT2D eigenvalue weighted by Crippen LogP contribution is -2.26. The molecule has 2 unspecified atom stereocenters. The molecule has 0 aliphatic heterocycles. The molecule has 0 spiro atoms. The lowest BCUT2D eigenvalue weighted by molar-refractivity contribution is -0.122. The van der Waals surface area contributed by atoms with Crippen LogP contribution in [0.25, 0.3) is 11.4 Å². The van der Waals surface area contributed by atoms with Crippen molar-refractivity contribution < 1.29 is 19.2 Å². The van der Waals surface area contributed by atoms with Gasteiger partial charge in [-0.25, -0.2) is 0 Å². The maximum absolute atomic E-state index is 12.3. The molecule has 7 nitrogen and oxygen atoms in total.